The first-order chi connectivity index (χ1) is 10.1. The first-order valence-electron chi connectivity index (χ1n) is 7.07. The lowest BCUT2D eigenvalue weighted by molar-refractivity contribution is -0.143. The molecule has 1 aromatic carbocycles. The van der Waals surface area contributed by atoms with Gasteiger partial charge in [0.15, 0.2) is 0 Å². The highest BCUT2D eigenvalue weighted by Gasteiger charge is 2.27. The highest BCUT2D eigenvalue weighted by atomic mass is 19.3. The van der Waals surface area contributed by atoms with Crippen LogP contribution in [0.4, 0.5) is 8.78 Å². The van der Waals surface area contributed by atoms with E-state index in [1.54, 1.807) is 18.2 Å². The van der Waals surface area contributed by atoms with E-state index in [4.69, 9.17) is 0 Å². The Kier molecular flexibility index (Phi) is 5.50. The van der Waals surface area contributed by atoms with Crippen molar-refractivity contribution in [2.24, 2.45) is 0 Å². The number of rotatable bonds is 5. The summed E-state index contributed by atoms with van der Waals surface area (Å²) < 4.78 is 29.3. The lowest BCUT2D eigenvalue weighted by Crippen LogP contribution is -2.40. The van der Waals surface area contributed by atoms with Gasteiger partial charge in [0, 0.05) is 12.1 Å². The molecule has 1 aliphatic heterocycles. The lowest BCUT2D eigenvalue weighted by atomic mass is 10.1. The maximum Gasteiger partial charge on any atom is 0.387 e. The van der Waals surface area contributed by atoms with E-state index in [9.17, 15) is 18.7 Å². The Morgan fingerprint density at radius 3 is 2.81 bits per heavy atom. The molecule has 1 aliphatic rings. The van der Waals surface area contributed by atoms with Gasteiger partial charge in [0.25, 0.3) is 0 Å². The van der Waals surface area contributed by atoms with Crippen molar-refractivity contribution in [1.82, 2.24) is 4.90 Å². The van der Waals surface area contributed by atoms with Crippen LogP contribution in [0.5, 0.6) is 5.75 Å². The maximum atomic E-state index is 12.4. The van der Waals surface area contributed by atoms with Crippen molar-refractivity contribution in [3.8, 4) is 5.75 Å². The second kappa shape index (κ2) is 7.36. The van der Waals surface area contributed by atoms with Crippen LogP contribution in [-0.4, -0.2) is 35.2 Å². The van der Waals surface area contributed by atoms with Crippen LogP contribution in [0.25, 0.3) is 0 Å². The topological polar surface area (TPSA) is 49.8 Å². The Morgan fingerprint density at radius 2 is 2.10 bits per heavy atom. The van der Waals surface area contributed by atoms with Crippen molar-refractivity contribution < 1.29 is 23.4 Å². The predicted molar refractivity (Wildman–Crippen MR) is 73.4 cm³/mol. The summed E-state index contributed by atoms with van der Waals surface area (Å²) in [6, 6.07) is 5.98. The van der Waals surface area contributed by atoms with Gasteiger partial charge in [-0.05, 0) is 25.5 Å². The second-order valence-corrected chi connectivity index (χ2v) is 5.16. The van der Waals surface area contributed by atoms with Gasteiger partial charge in [0.2, 0.25) is 0 Å². The minimum absolute atomic E-state index is 0.112. The molecule has 1 heterocycles. The third-order valence-corrected chi connectivity index (χ3v) is 3.71. The van der Waals surface area contributed by atoms with Gasteiger partial charge in [-0.3, -0.25) is 9.69 Å². The van der Waals surface area contributed by atoms with Crippen LogP contribution in [0.15, 0.2) is 24.3 Å². The molecule has 0 aliphatic carbocycles. The lowest BCUT2D eigenvalue weighted by Gasteiger charge is -2.27. The maximum absolute atomic E-state index is 12.4. The molecule has 21 heavy (non-hydrogen) atoms. The first-order valence-corrected chi connectivity index (χ1v) is 7.07. The molecule has 0 bridgehead atoms. The molecule has 1 N–H and O–H groups in total. The van der Waals surface area contributed by atoms with Crippen LogP contribution < -0.4 is 4.74 Å². The number of benzene rings is 1. The Hall–Kier alpha value is -1.69. The normalized spacial score (nSPS) is 20.2. The molecule has 6 heteroatoms. The van der Waals surface area contributed by atoms with Gasteiger partial charge in [0.05, 0.1) is 0 Å². The highest BCUT2D eigenvalue weighted by molar-refractivity contribution is 5.73. The fraction of sp³-hybridized carbons (Fsp3) is 0.533. The Bertz CT molecular complexity index is 482. The Morgan fingerprint density at radius 1 is 1.33 bits per heavy atom. The molecule has 0 aromatic heterocycles. The molecule has 1 fully saturated rings. The van der Waals surface area contributed by atoms with Crippen molar-refractivity contribution in [3.05, 3.63) is 29.8 Å². The van der Waals surface area contributed by atoms with E-state index >= 15 is 0 Å². The zero-order valence-electron chi connectivity index (χ0n) is 11.7. The summed E-state index contributed by atoms with van der Waals surface area (Å²) >= 11 is 0. The largest absolute Gasteiger partial charge is 0.480 e. The highest BCUT2D eigenvalue weighted by Crippen LogP contribution is 2.25. The quantitative estimate of drug-likeness (QED) is 0.907. The van der Waals surface area contributed by atoms with Crippen molar-refractivity contribution in [2.75, 3.05) is 6.54 Å². The SMILES string of the molecule is O=C(O)C1CCCCCN1Cc1ccccc1OC(F)F. The van der Waals surface area contributed by atoms with Gasteiger partial charge >= 0.3 is 12.6 Å². The summed E-state index contributed by atoms with van der Waals surface area (Å²) in [5.41, 5.74) is 0.589. The van der Waals surface area contributed by atoms with Gasteiger partial charge in [-0.2, -0.15) is 8.78 Å². The summed E-state index contributed by atoms with van der Waals surface area (Å²) in [7, 11) is 0. The third-order valence-electron chi connectivity index (χ3n) is 3.71. The Labute approximate surface area is 122 Å². The number of nitrogens with zero attached hydrogens (tertiary/aromatic N) is 1. The van der Waals surface area contributed by atoms with E-state index in [2.05, 4.69) is 4.74 Å². The average Bonchev–Trinajstić information content (AvgIpc) is 2.66. The number of ether oxygens (including phenoxy) is 1. The van der Waals surface area contributed by atoms with Crippen molar-refractivity contribution >= 4 is 5.97 Å². The number of halogens is 2. The van der Waals surface area contributed by atoms with E-state index in [1.807, 2.05) is 4.90 Å². The molecule has 0 amide bonds. The molecule has 1 saturated heterocycles. The van der Waals surface area contributed by atoms with Crippen molar-refractivity contribution in [1.29, 1.82) is 0 Å². The summed E-state index contributed by atoms with van der Waals surface area (Å²) in [6.45, 7) is -1.93. The van der Waals surface area contributed by atoms with Crippen LogP contribution in [0.3, 0.4) is 0 Å². The van der Waals surface area contributed by atoms with Crippen LogP contribution in [-0.2, 0) is 11.3 Å². The minimum atomic E-state index is -2.88. The van der Waals surface area contributed by atoms with E-state index in [0.29, 0.717) is 25.1 Å². The van der Waals surface area contributed by atoms with Crippen LogP contribution in [0.2, 0.25) is 0 Å². The van der Waals surface area contributed by atoms with Gasteiger partial charge in [-0.15, -0.1) is 0 Å². The fourth-order valence-electron chi connectivity index (χ4n) is 2.70. The number of carboxylic acids is 1. The number of carboxylic acid groups (broad SMARTS) is 1. The standard InChI is InChI=1S/C15H19F2NO3/c16-15(17)21-13-8-4-3-6-11(13)10-18-9-5-1-2-7-12(18)14(19)20/h3-4,6,8,12,15H,1-2,5,7,9-10H2,(H,19,20). The molecule has 1 atom stereocenters. The number of likely N-dealkylation sites (tertiary alicyclic amines) is 1. The number of para-hydroxylation sites is 1. The van der Waals surface area contributed by atoms with E-state index in [0.717, 1.165) is 19.3 Å². The molecule has 1 aromatic rings. The molecular formula is C15H19F2NO3. The molecular weight excluding hydrogens is 280 g/mol. The molecule has 0 radical (unpaired) electrons. The summed E-state index contributed by atoms with van der Waals surface area (Å²) in [5.74, 6) is -0.745. The van der Waals surface area contributed by atoms with Gasteiger partial charge in [-0.1, -0.05) is 31.0 Å². The predicted octanol–water partition coefficient (Wildman–Crippen LogP) is 3.12. The number of carbonyl (C=O) groups is 1. The molecule has 0 saturated carbocycles. The Balaban J connectivity index is 2.16. The zero-order chi connectivity index (χ0) is 15.2. The summed E-state index contributed by atoms with van der Waals surface area (Å²) in [5, 5.41) is 9.33. The van der Waals surface area contributed by atoms with E-state index < -0.39 is 18.6 Å². The summed E-state index contributed by atoms with van der Waals surface area (Å²) in [4.78, 5) is 13.2. The summed E-state index contributed by atoms with van der Waals surface area (Å²) in [6.07, 6.45) is 3.38. The van der Waals surface area contributed by atoms with Crippen molar-refractivity contribution in [3.63, 3.8) is 0 Å². The smallest absolute Gasteiger partial charge is 0.387 e. The number of hydrogen-bond donors (Lipinski definition) is 1. The van der Waals surface area contributed by atoms with Gasteiger partial charge in [0.1, 0.15) is 11.8 Å². The van der Waals surface area contributed by atoms with Crippen LogP contribution in [0.1, 0.15) is 31.2 Å². The first kappa shape index (κ1) is 15.7. The van der Waals surface area contributed by atoms with Gasteiger partial charge in [-0.25, -0.2) is 0 Å². The van der Waals surface area contributed by atoms with E-state index in [-0.39, 0.29) is 5.75 Å². The molecule has 4 nitrogen and oxygen atoms in total. The zero-order valence-corrected chi connectivity index (χ0v) is 11.7. The second-order valence-electron chi connectivity index (χ2n) is 5.16. The van der Waals surface area contributed by atoms with Gasteiger partial charge < -0.3 is 9.84 Å². The van der Waals surface area contributed by atoms with Crippen LogP contribution >= 0.6 is 0 Å². The minimum Gasteiger partial charge on any atom is -0.480 e. The molecule has 2 rings (SSSR count). The number of hydrogen-bond acceptors (Lipinski definition) is 3. The van der Waals surface area contributed by atoms with E-state index in [1.165, 1.54) is 6.07 Å². The molecule has 0 spiro atoms. The number of aliphatic carboxylic acids is 1. The number of alkyl halides is 2. The molecule has 1 unspecified atom stereocenters. The monoisotopic (exact) mass is 299 g/mol. The third kappa shape index (κ3) is 4.39. The van der Waals surface area contributed by atoms with Crippen molar-refractivity contribution in [2.45, 2.75) is 44.9 Å². The van der Waals surface area contributed by atoms with Crippen LogP contribution in [0, 0.1) is 0 Å². The average molecular weight is 299 g/mol. The molecule has 116 valence electrons. The fourth-order valence-corrected chi connectivity index (χ4v) is 2.70.